The van der Waals surface area contributed by atoms with Gasteiger partial charge in [-0.2, -0.15) is 0 Å². The summed E-state index contributed by atoms with van der Waals surface area (Å²) < 4.78 is 14.5. The van der Waals surface area contributed by atoms with E-state index in [2.05, 4.69) is 27.8 Å². The number of nitrogens with zero attached hydrogens (tertiary/aromatic N) is 2. The van der Waals surface area contributed by atoms with Crippen molar-refractivity contribution < 1.29 is 4.39 Å². The lowest BCUT2D eigenvalue weighted by Crippen LogP contribution is -2.48. The number of hydrogen-bond acceptors (Lipinski definition) is 3. The molecule has 1 atom stereocenters. The lowest BCUT2D eigenvalue weighted by atomic mass is 9.90. The molecular formula is C16H15BrFN3. The second-order valence-corrected chi connectivity index (χ2v) is 6.10. The van der Waals surface area contributed by atoms with Crippen LogP contribution in [0.2, 0.25) is 0 Å². The average Bonchev–Trinajstić information content (AvgIpc) is 2.76. The van der Waals surface area contributed by atoms with Gasteiger partial charge in [-0.3, -0.25) is 4.99 Å². The quantitative estimate of drug-likeness (QED) is 0.900. The summed E-state index contributed by atoms with van der Waals surface area (Å²) in [7, 11) is 0. The van der Waals surface area contributed by atoms with Crippen molar-refractivity contribution >= 4 is 27.6 Å². The number of hydrogen-bond donors (Lipinski definition) is 1. The standard InChI is InChI=1S/C16H15BrFN3/c1-16(13-7-2-3-8-14(13)17)10-20-15(19)21(16)12-6-4-5-11(18)9-12/h2-9H,10H2,1H3,(H2,19,20). The van der Waals surface area contributed by atoms with E-state index in [0.29, 0.717) is 18.2 Å². The van der Waals surface area contributed by atoms with Crippen LogP contribution >= 0.6 is 15.9 Å². The van der Waals surface area contributed by atoms with Gasteiger partial charge in [0.25, 0.3) is 0 Å². The van der Waals surface area contributed by atoms with Gasteiger partial charge < -0.3 is 10.6 Å². The van der Waals surface area contributed by atoms with Gasteiger partial charge in [-0.1, -0.05) is 40.2 Å². The molecule has 21 heavy (non-hydrogen) atoms. The Hall–Kier alpha value is -1.88. The number of anilines is 1. The highest BCUT2D eigenvalue weighted by molar-refractivity contribution is 9.10. The first-order valence-electron chi connectivity index (χ1n) is 6.63. The molecule has 0 saturated carbocycles. The van der Waals surface area contributed by atoms with Gasteiger partial charge >= 0.3 is 0 Å². The molecule has 0 amide bonds. The zero-order valence-corrected chi connectivity index (χ0v) is 13.1. The highest BCUT2D eigenvalue weighted by Crippen LogP contribution is 2.39. The Bertz CT molecular complexity index is 716. The third-order valence-corrected chi connectivity index (χ3v) is 4.48. The van der Waals surface area contributed by atoms with Crippen LogP contribution in [-0.4, -0.2) is 12.5 Å². The maximum atomic E-state index is 13.6. The van der Waals surface area contributed by atoms with Crippen molar-refractivity contribution in [1.29, 1.82) is 0 Å². The van der Waals surface area contributed by atoms with Crippen LogP contribution in [-0.2, 0) is 5.54 Å². The van der Waals surface area contributed by atoms with Crippen LogP contribution in [0.15, 0.2) is 58.0 Å². The molecule has 0 aromatic heterocycles. The molecule has 2 aromatic carbocycles. The van der Waals surface area contributed by atoms with Crippen molar-refractivity contribution in [1.82, 2.24) is 0 Å². The zero-order chi connectivity index (χ0) is 15.0. The fraction of sp³-hybridized carbons (Fsp3) is 0.188. The molecule has 0 aliphatic carbocycles. The lowest BCUT2D eigenvalue weighted by Gasteiger charge is -2.37. The molecule has 1 aliphatic heterocycles. The van der Waals surface area contributed by atoms with Crippen LogP contribution in [0.1, 0.15) is 12.5 Å². The van der Waals surface area contributed by atoms with Crippen LogP contribution in [0.3, 0.4) is 0 Å². The van der Waals surface area contributed by atoms with Crippen LogP contribution in [0, 0.1) is 5.82 Å². The summed E-state index contributed by atoms with van der Waals surface area (Å²) in [6.07, 6.45) is 0. The number of halogens is 2. The third-order valence-electron chi connectivity index (χ3n) is 3.79. The minimum atomic E-state index is -0.446. The Kier molecular flexibility index (Phi) is 3.45. The van der Waals surface area contributed by atoms with Gasteiger partial charge in [-0.05, 0) is 36.8 Å². The Morgan fingerprint density at radius 2 is 2.00 bits per heavy atom. The molecule has 0 saturated heterocycles. The van der Waals surface area contributed by atoms with Gasteiger partial charge in [-0.15, -0.1) is 0 Å². The summed E-state index contributed by atoms with van der Waals surface area (Å²) in [5.41, 5.74) is 7.38. The first-order chi connectivity index (χ1) is 10.0. The normalized spacial score (nSPS) is 21.5. The summed E-state index contributed by atoms with van der Waals surface area (Å²) in [5, 5.41) is 0. The molecule has 3 rings (SSSR count). The fourth-order valence-electron chi connectivity index (χ4n) is 2.77. The molecule has 0 bridgehead atoms. The van der Waals surface area contributed by atoms with E-state index in [1.807, 2.05) is 35.2 Å². The highest BCUT2D eigenvalue weighted by Gasteiger charge is 2.41. The largest absolute Gasteiger partial charge is 0.369 e. The van der Waals surface area contributed by atoms with Crippen LogP contribution < -0.4 is 10.6 Å². The maximum Gasteiger partial charge on any atom is 0.196 e. The molecule has 2 aromatic rings. The van der Waals surface area contributed by atoms with E-state index in [0.717, 1.165) is 10.0 Å². The molecule has 1 unspecified atom stereocenters. The minimum Gasteiger partial charge on any atom is -0.369 e. The van der Waals surface area contributed by atoms with E-state index < -0.39 is 5.54 Å². The summed E-state index contributed by atoms with van der Waals surface area (Å²) in [5.74, 6) is 0.112. The molecular weight excluding hydrogens is 333 g/mol. The van der Waals surface area contributed by atoms with E-state index in [1.165, 1.54) is 12.1 Å². The van der Waals surface area contributed by atoms with Crippen LogP contribution in [0.25, 0.3) is 0 Å². The number of benzene rings is 2. The Morgan fingerprint density at radius 3 is 2.71 bits per heavy atom. The van der Waals surface area contributed by atoms with Crippen molar-refractivity contribution in [2.45, 2.75) is 12.5 Å². The molecule has 108 valence electrons. The predicted molar refractivity (Wildman–Crippen MR) is 86.9 cm³/mol. The van der Waals surface area contributed by atoms with Crippen molar-refractivity contribution in [3.63, 3.8) is 0 Å². The molecule has 0 radical (unpaired) electrons. The second kappa shape index (κ2) is 5.15. The summed E-state index contributed by atoms with van der Waals surface area (Å²) in [6, 6.07) is 14.4. The topological polar surface area (TPSA) is 41.6 Å². The van der Waals surface area contributed by atoms with E-state index in [1.54, 1.807) is 6.07 Å². The van der Waals surface area contributed by atoms with Crippen molar-refractivity contribution in [3.05, 3.63) is 64.4 Å². The monoisotopic (exact) mass is 347 g/mol. The first-order valence-corrected chi connectivity index (χ1v) is 7.42. The summed E-state index contributed by atoms with van der Waals surface area (Å²) >= 11 is 3.58. The van der Waals surface area contributed by atoms with E-state index >= 15 is 0 Å². The van der Waals surface area contributed by atoms with E-state index in [4.69, 9.17) is 5.73 Å². The maximum absolute atomic E-state index is 13.6. The number of guanidine groups is 1. The highest BCUT2D eigenvalue weighted by atomic mass is 79.9. The SMILES string of the molecule is CC1(c2ccccc2Br)CN=C(N)N1c1cccc(F)c1. The van der Waals surface area contributed by atoms with Gasteiger partial charge in [0, 0.05) is 10.2 Å². The molecule has 0 fully saturated rings. The van der Waals surface area contributed by atoms with Crippen LogP contribution in [0.4, 0.5) is 10.1 Å². The number of aliphatic imine (C=N–C) groups is 1. The molecule has 5 heteroatoms. The molecule has 1 aliphatic rings. The van der Waals surface area contributed by atoms with Gasteiger partial charge in [-0.25, -0.2) is 4.39 Å². The number of nitrogens with two attached hydrogens (primary N) is 1. The first kappa shape index (κ1) is 14.1. The molecule has 3 nitrogen and oxygen atoms in total. The average molecular weight is 348 g/mol. The zero-order valence-electron chi connectivity index (χ0n) is 11.6. The van der Waals surface area contributed by atoms with Gasteiger partial charge in [0.05, 0.1) is 12.1 Å². The van der Waals surface area contributed by atoms with Gasteiger partial charge in [0.15, 0.2) is 5.96 Å². The van der Waals surface area contributed by atoms with Crippen molar-refractivity contribution in [2.24, 2.45) is 10.7 Å². The predicted octanol–water partition coefficient (Wildman–Crippen LogP) is 3.64. The van der Waals surface area contributed by atoms with E-state index in [9.17, 15) is 4.39 Å². The molecule has 0 spiro atoms. The Morgan fingerprint density at radius 1 is 1.24 bits per heavy atom. The molecule has 1 heterocycles. The Balaban J connectivity index is 2.13. The van der Waals surface area contributed by atoms with Crippen molar-refractivity contribution in [2.75, 3.05) is 11.4 Å². The van der Waals surface area contributed by atoms with Crippen LogP contribution in [0.5, 0.6) is 0 Å². The number of rotatable bonds is 2. The van der Waals surface area contributed by atoms with Gasteiger partial charge in [0.1, 0.15) is 5.82 Å². The lowest BCUT2D eigenvalue weighted by molar-refractivity contribution is 0.529. The third kappa shape index (κ3) is 2.31. The smallest absolute Gasteiger partial charge is 0.196 e. The summed E-state index contributed by atoms with van der Waals surface area (Å²) in [6.45, 7) is 2.58. The minimum absolute atomic E-state index is 0.290. The van der Waals surface area contributed by atoms with Crippen molar-refractivity contribution in [3.8, 4) is 0 Å². The fourth-order valence-corrected chi connectivity index (χ4v) is 3.48. The summed E-state index contributed by atoms with van der Waals surface area (Å²) in [4.78, 5) is 6.26. The Labute approximate surface area is 131 Å². The molecule has 2 N–H and O–H groups in total. The van der Waals surface area contributed by atoms with E-state index in [-0.39, 0.29) is 5.82 Å². The second-order valence-electron chi connectivity index (χ2n) is 5.24. The van der Waals surface area contributed by atoms with Gasteiger partial charge in [0.2, 0.25) is 0 Å².